The molecule has 1 aromatic heterocycles. The van der Waals surface area contributed by atoms with Gasteiger partial charge in [-0.3, -0.25) is 14.6 Å². The fourth-order valence-corrected chi connectivity index (χ4v) is 7.62. The van der Waals surface area contributed by atoms with Crippen molar-refractivity contribution in [1.29, 1.82) is 0 Å². The highest BCUT2D eigenvalue weighted by Crippen LogP contribution is 2.29. The number of benzene rings is 3. The number of amides is 5. The highest BCUT2D eigenvalue weighted by Gasteiger charge is 2.44. The predicted molar refractivity (Wildman–Crippen MR) is 229 cm³/mol. The maximum absolute atomic E-state index is 14.6. The maximum Gasteiger partial charge on any atom is 0.407 e. The van der Waals surface area contributed by atoms with Crippen LogP contribution in [0.25, 0.3) is 11.3 Å². The number of alkyl carbamates (subject to hydrolysis) is 1. The van der Waals surface area contributed by atoms with E-state index in [0.29, 0.717) is 26.1 Å². The Morgan fingerprint density at radius 2 is 1.34 bits per heavy atom. The molecule has 4 aromatic rings. The molecule has 4 N–H and O–H groups in total. The first kappa shape index (κ1) is 44.4. The van der Waals surface area contributed by atoms with Gasteiger partial charge in [-0.2, -0.15) is 0 Å². The summed E-state index contributed by atoms with van der Waals surface area (Å²) in [5.74, 6) is -0.803. The van der Waals surface area contributed by atoms with Gasteiger partial charge < -0.3 is 35.6 Å². The van der Waals surface area contributed by atoms with Crippen molar-refractivity contribution in [2.24, 2.45) is 10.8 Å². The van der Waals surface area contributed by atoms with Gasteiger partial charge in [0.25, 0.3) is 0 Å². The van der Waals surface area contributed by atoms with E-state index in [1.54, 1.807) is 16.0 Å². The lowest BCUT2D eigenvalue weighted by atomic mass is 9.84. The van der Waals surface area contributed by atoms with Crippen LogP contribution in [0.1, 0.15) is 64.7 Å². The summed E-state index contributed by atoms with van der Waals surface area (Å²) in [6.45, 7) is 12.7. The zero-order valence-corrected chi connectivity index (χ0v) is 35.4. The van der Waals surface area contributed by atoms with Crippen LogP contribution in [0.3, 0.4) is 0 Å². The molecule has 2 unspecified atom stereocenters. The number of carbonyl (C=O) groups is 4. The Morgan fingerprint density at radius 3 is 1.92 bits per heavy atom. The van der Waals surface area contributed by atoms with E-state index in [1.165, 1.54) is 7.11 Å². The van der Waals surface area contributed by atoms with E-state index in [0.717, 1.165) is 27.9 Å². The Labute approximate surface area is 348 Å². The van der Waals surface area contributed by atoms with Gasteiger partial charge >= 0.3 is 12.1 Å². The summed E-state index contributed by atoms with van der Waals surface area (Å²) in [7, 11) is 1.24. The zero-order valence-electron chi connectivity index (χ0n) is 35.4. The third-order valence-electron chi connectivity index (χ3n) is 10.7. The third-order valence-corrected chi connectivity index (χ3v) is 10.7. The largest absolute Gasteiger partial charge is 0.453 e. The lowest BCUT2D eigenvalue weighted by molar-refractivity contribution is -0.130. The zero-order chi connectivity index (χ0) is 42.7. The SMILES string of the molecule is COC(=O)NC(C(=O)N[C@@H](Cc1ccc(-c2ccccn2)cc1)[C@@H](O)C[C@H](Cc1ccccc1)NC(=O)C(N1CCN(Cc2ccccc2)C1=O)C(C)(C)C)C(C)(C)C. The van der Waals surface area contributed by atoms with Gasteiger partial charge in [-0.15, -0.1) is 0 Å². The molecule has 5 rings (SSSR count). The summed E-state index contributed by atoms with van der Waals surface area (Å²) in [5, 5.41) is 21.1. The van der Waals surface area contributed by atoms with Crippen molar-refractivity contribution in [3.63, 3.8) is 0 Å². The molecular formula is C47H60N6O6. The van der Waals surface area contributed by atoms with Gasteiger partial charge in [0.1, 0.15) is 12.1 Å². The molecule has 1 aliphatic rings. The fourth-order valence-electron chi connectivity index (χ4n) is 7.62. The molecule has 0 radical (unpaired) electrons. The van der Waals surface area contributed by atoms with Crippen LogP contribution in [0.15, 0.2) is 109 Å². The van der Waals surface area contributed by atoms with Gasteiger partial charge in [0, 0.05) is 37.4 Å². The van der Waals surface area contributed by atoms with E-state index in [4.69, 9.17) is 4.74 Å². The first-order chi connectivity index (χ1) is 28.0. The van der Waals surface area contributed by atoms with Crippen LogP contribution in [0.2, 0.25) is 0 Å². The summed E-state index contributed by atoms with van der Waals surface area (Å²) in [6, 6.07) is 29.6. The molecule has 3 aromatic carbocycles. The number of hydrogen-bond acceptors (Lipinski definition) is 7. The Bertz CT molecular complexity index is 1980. The van der Waals surface area contributed by atoms with Gasteiger partial charge in [0.05, 0.1) is 24.9 Å². The Kier molecular flexibility index (Phi) is 14.9. The number of carbonyl (C=O) groups excluding carboxylic acids is 4. The van der Waals surface area contributed by atoms with Gasteiger partial charge in [-0.1, -0.05) is 133 Å². The van der Waals surface area contributed by atoms with Gasteiger partial charge in [0.15, 0.2) is 0 Å². The van der Waals surface area contributed by atoms with Crippen molar-refractivity contribution >= 4 is 23.9 Å². The van der Waals surface area contributed by atoms with E-state index in [-0.39, 0.29) is 24.8 Å². The van der Waals surface area contributed by atoms with Crippen LogP contribution < -0.4 is 16.0 Å². The number of pyridine rings is 1. The molecule has 12 heteroatoms. The monoisotopic (exact) mass is 804 g/mol. The molecule has 314 valence electrons. The summed E-state index contributed by atoms with van der Waals surface area (Å²) < 4.78 is 4.84. The predicted octanol–water partition coefficient (Wildman–Crippen LogP) is 6.38. The number of hydrogen-bond donors (Lipinski definition) is 4. The summed E-state index contributed by atoms with van der Waals surface area (Å²) >= 11 is 0. The van der Waals surface area contributed by atoms with E-state index >= 15 is 0 Å². The van der Waals surface area contributed by atoms with Crippen LogP contribution >= 0.6 is 0 Å². The minimum atomic E-state index is -1.15. The normalized spacial score (nSPS) is 15.8. The number of aromatic nitrogens is 1. The van der Waals surface area contributed by atoms with Crippen LogP contribution in [0.5, 0.6) is 0 Å². The van der Waals surface area contributed by atoms with Crippen molar-refractivity contribution in [3.05, 3.63) is 126 Å². The third kappa shape index (κ3) is 12.4. The van der Waals surface area contributed by atoms with Crippen molar-refractivity contribution in [1.82, 2.24) is 30.7 Å². The van der Waals surface area contributed by atoms with E-state index in [2.05, 4.69) is 20.9 Å². The average Bonchev–Trinajstić information content (AvgIpc) is 3.54. The molecule has 0 aliphatic carbocycles. The van der Waals surface area contributed by atoms with Crippen molar-refractivity contribution in [2.45, 2.75) is 97.6 Å². The average molecular weight is 805 g/mol. The highest BCUT2D eigenvalue weighted by molar-refractivity contribution is 5.89. The standard InChI is InChI=1S/C47H60N6O6/c1-46(2,3)40(51-44(57)59-7)42(55)50-38(29-33-21-23-35(24-22-33)37-20-14-15-25-48-37)39(54)30-36(28-32-16-10-8-11-17-32)49-43(56)41(47(4,5)6)53-27-26-52(45(53)58)31-34-18-12-9-13-19-34/h8-25,36,38-41,54H,26-31H2,1-7H3,(H,49,56)(H,50,55)(H,51,57)/t36-,38-,39-,40?,41?/m0/s1. The molecule has 5 atom stereocenters. The number of nitrogens with zero attached hydrogens (tertiary/aromatic N) is 3. The Balaban J connectivity index is 1.42. The number of aliphatic hydroxyl groups excluding tert-OH is 1. The van der Waals surface area contributed by atoms with Crippen LogP contribution in [-0.4, -0.2) is 94.3 Å². The molecule has 1 aliphatic heterocycles. The lowest BCUT2D eigenvalue weighted by Crippen LogP contribution is -2.59. The summed E-state index contributed by atoms with van der Waals surface area (Å²) in [6.07, 6.45) is 0.555. The topological polar surface area (TPSA) is 153 Å². The lowest BCUT2D eigenvalue weighted by Gasteiger charge is -2.38. The van der Waals surface area contributed by atoms with E-state index in [9.17, 15) is 24.3 Å². The van der Waals surface area contributed by atoms with Gasteiger partial charge in [0.2, 0.25) is 11.8 Å². The second kappa shape index (κ2) is 19.8. The Morgan fingerprint density at radius 1 is 0.729 bits per heavy atom. The van der Waals surface area contributed by atoms with Crippen LogP contribution in [0.4, 0.5) is 9.59 Å². The van der Waals surface area contributed by atoms with E-state index < -0.39 is 53.1 Å². The first-order valence-corrected chi connectivity index (χ1v) is 20.3. The maximum atomic E-state index is 14.6. The number of aliphatic hydroxyl groups is 1. The smallest absolute Gasteiger partial charge is 0.407 e. The van der Waals surface area contributed by atoms with E-state index in [1.807, 2.05) is 145 Å². The molecular weight excluding hydrogens is 745 g/mol. The Hall–Kier alpha value is -5.75. The van der Waals surface area contributed by atoms with Crippen LogP contribution in [0, 0.1) is 10.8 Å². The quantitative estimate of drug-likeness (QED) is 0.103. The molecule has 0 saturated carbocycles. The summed E-state index contributed by atoms with van der Waals surface area (Å²) in [4.78, 5) is 62.7. The molecule has 0 spiro atoms. The highest BCUT2D eigenvalue weighted by atomic mass is 16.5. The minimum Gasteiger partial charge on any atom is -0.453 e. The van der Waals surface area contributed by atoms with Crippen molar-refractivity contribution < 1.29 is 29.0 Å². The number of ether oxygens (including phenoxy) is 1. The summed E-state index contributed by atoms with van der Waals surface area (Å²) in [5.41, 5.74) is 3.23. The van der Waals surface area contributed by atoms with Gasteiger partial charge in [-0.25, -0.2) is 9.59 Å². The number of rotatable bonds is 16. The molecule has 12 nitrogen and oxygen atoms in total. The van der Waals surface area contributed by atoms with Crippen molar-refractivity contribution in [3.8, 4) is 11.3 Å². The second-order valence-electron chi connectivity index (χ2n) is 17.5. The molecule has 2 heterocycles. The molecule has 59 heavy (non-hydrogen) atoms. The molecule has 5 amide bonds. The molecule has 1 saturated heterocycles. The molecule has 0 bridgehead atoms. The van der Waals surface area contributed by atoms with Crippen molar-refractivity contribution in [2.75, 3.05) is 20.2 Å². The van der Waals surface area contributed by atoms with Crippen LogP contribution in [-0.2, 0) is 33.7 Å². The molecule has 1 fully saturated rings. The number of urea groups is 1. The second-order valence-corrected chi connectivity index (χ2v) is 17.5. The number of nitrogens with one attached hydrogen (secondary N) is 3. The first-order valence-electron chi connectivity index (χ1n) is 20.3. The van der Waals surface area contributed by atoms with Gasteiger partial charge in [-0.05, 0) is 58.9 Å². The fraction of sp³-hybridized carbons (Fsp3) is 0.426. The number of methoxy groups -OCH3 is 1. The minimum absolute atomic E-state index is 0.0765.